The van der Waals surface area contributed by atoms with Crippen LogP contribution in [0, 0.1) is 0 Å². The van der Waals surface area contributed by atoms with Gasteiger partial charge in [0.25, 0.3) is 0 Å². The smallest absolute Gasteiger partial charge is 0.407 e. The summed E-state index contributed by atoms with van der Waals surface area (Å²) < 4.78 is 10.7. The molecule has 8 nitrogen and oxygen atoms in total. The second-order valence-electron chi connectivity index (χ2n) is 6.11. The largest absolute Gasteiger partial charge is 0.503 e. The van der Waals surface area contributed by atoms with Gasteiger partial charge in [-0.1, -0.05) is 30.3 Å². The van der Waals surface area contributed by atoms with Crippen LogP contribution in [0.1, 0.15) is 37.4 Å². The van der Waals surface area contributed by atoms with Crippen molar-refractivity contribution in [2.45, 2.75) is 26.3 Å². The lowest BCUT2D eigenvalue weighted by molar-refractivity contribution is -0.121. The van der Waals surface area contributed by atoms with E-state index in [1.165, 1.54) is 6.21 Å². The molecular formula is C21H24BrN3O5. The summed E-state index contributed by atoms with van der Waals surface area (Å²) in [6.07, 6.45) is 0.810. The number of hydrogen-bond acceptors (Lipinski definition) is 6. The van der Waals surface area contributed by atoms with E-state index in [0.717, 1.165) is 5.56 Å². The zero-order chi connectivity index (χ0) is 21.9. The summed E-state index contributed by atoms with van der Waals surface area (Å²) in [6.45, 7) is 4.14. The maximum absolute atomic E-state index is 12.4. The quantitative estimate of drug-likeness (QED) is 0.375. The Kier molecular flexibility index (Phi) is 9.14. The van der Waals surface area contributed by atoms with Gasteiger partial charge in [-0.3, -0.25) is 4.79 Å². The molecule has 0 aliphatic rings. The molecule has 0 unspecified atom stereocenters. The van der Waals surface area contributed by atoms with Crippen molar-refractivity contribution in [3.63, 3.8) is 0 Å². The lowest BCUT2D eigenvalue weighted by atomic mass is 10.0. The molecule has 0 spiro atoms. The van der Waals surface area contributed by atoms with E-state index in [9.17, 15) is 14.7 Å². The van der Waals surface area contributed by atoms with Crippen molar-refractivity contribution >= 4 is 34.1 Å². The summed E-state index contributed by atoms with van der Waals surface area (Å²) in [4.78, 5) is 24.2. The van der Waals surface area contributed by atoms with Crippen LogP contribution < -0.4 is 15.5 Å². The molecule has 2 aromatic rings. The number of halogens is 1. The first-order valence-electron chi connectivity index (χ1n) is 9.40. The van der Waals surface area contributed by atoms with Crippen molar-refractivity contribution in [3.8, 4) is 11.5 Å². The standard InChI is InChI=1S/C21H24BrN3O5/c1-3-29-18-11-14(10-16(22)20(18)27)13-23-25-19(26)12-17(24-21(28)30-4-2)15-8-6-5-7-9-15/h5-11,13,17,27H,3-4,12H2,1-2H3,(H,24,28)(H,25,26)/b23-13-/t17-/m0/s1. The van der Waals surface area contributed by atoms with Gasteiger partial charge in [-0.15, -0.1) is 0 Å². The topological polar surface area (TPSA) is 109 Å². The molecular weight excluding hydrogens is 454 g/mol. The van der Waals surface area contributed by atoms with Crippen molar-refractivity contribution in [2.75, 3.05) is 13.2 Å². The second-order valence-corrected chi connectivity index (χ2v) is 6.96. The molecule has 0 fully saturated rings. The van der Waals surface area contributed by atoms with Crippen LogP contribution >= 0.6 is 15.9 Å². The molecule has 0 heterocycles. The van der Waals surface area contributed by atoms with E-state index in [4.69, 9.17) is 9.47 Å². The Balaban J connectivity index is 2.04. The van der Waals surface area contributed by atoms with Gasteiger partial charge >= 0.3 is 6.09 Å². The highest BCUT2D eigenvalue weighted by atomic mass is 79.9. The van der Waals surface area contributed by atoms with Gasteiger partial charge < -0.3 is 19.9 Å². The van der Waals surface area contributed by atoms with Gasteiger partial charge in [0, 0.05) is 0 Å². The van der Waals surface area contributed by atoms with Gasteiger partial charge in [0.15, 0.2) is 11.5 Å². The summed E-state index contributed by atoms with van der Waals surface area (Å²) in [7, 11) is 0. The minimum Gasteiger partial charge on any atom is -0.503 e. The zero-order valence-corrected chi connectivity index (χ0v) is 18.3. The van der Waals surface area contributed by atoms with Crippen molar-refractivity contribution in [1.29, 1.82) is 0 Å². The Morgan fingerprint density at radius 2 is 1.93 bits per heavy atom. The van der Waals surface area contributed by atoms with Crippen molar-refractivity contribution < 1.29 is 24.2 Å². The van der Waals surface area contributed by atoms with E-state index in [1.54, 1.807) is 19.1 Å². The van der Waals surface area contributed by atoms with Crippen LogP contribution in [0.3, 0.4) is 0 Å². The molecule has 2 rings (SSSR count). The number of phenolic OH excluding ortho intramolecular Hbond substituents is 1. The third-order valence-electron chi connectivity index (χ3n) is 3.91. The van der Waals surface area contributed by atoms with Crippen molar-refractivity contribution in [3.05, 3.63) is 58.1 Å². The Hall–Kier alpha value is -3.07. The summed E-state index contributed by atoms with van der Waals surface area (Å²) >= 11 is 3.25. The number of nitrogens with one attached hydrogen (secondary N) is 2. The van der Waals surface area contributed by atoms with E-state index >= 15 is 0 Å². The lowest BCUT2D eigenvalue weighted by Crippen LogP contribution is -2.33. The third kappa shape index (κ3) is 7.07. The highest BCUT2D eigenvalue weighted by molar-refractivity contribution is 9.10. The predicted molar refractivity (Wildman–Crippen MR) is 117 cm³/mol. The van der Waals surface area contributed by atoms with Crippen LogP contribution in [-0.4, -0.2) is 36.5 Å². The predicted octanol–water partition coefficient (Wildman–Crippen LogP) is 3.88. The molecule has 30 heavy (non-hydrogen) atoms. The van der Waals surface area contributed by atoms with Gasteiger partial charge in [0.1, 0.15) is 0 Å². The number of rotatable bonds is 9. The molecule has 1 atom stereocenters. The fourth-order valence-corrected chi connectivity index (χ4v) is 3.06. The Morgan fingerprint density at radius 1 is 1.20 bits per heavy atom. The van der Waals surface area contributed by atoms with Crippen molar-refractivity contribution in [2.24, 2.45) is 5.10 Å². The Labute approximate surface area is 183 Å². The number of hydrogen-bond donors (Lipinski definition) is 3. The first kappa shape index (κ1) is 23.2. The van der Waals surface area contributed by atoms with Gasteiger partial charge in [-0.25, -0.2) is 10.2 Å². The first-order valence-corrected chi connectivity index (χ1v) is 10.2. The number of nitrogens with zero attached hydrogens (tertiary/aromatic N) is 1. The number of alkyl carbamates (subject to hydrolysis) is 1. The third-order valence-corrected chi connectivity index (χ3v) is 4.52. The number of ether oxygens (including phenoxy) is 2. The number of carbonyl (C=O) groups is 2. The normalized spacial score (nSPS) is 11.7. The van der Waals surface area contributed by atoms with E-state index in [2.05, 4.69) is 31.8 Å². The SMILES string of the molecule is CCOC(=O)N[C@@H](CC(=O)N/N=C\c1cc(Br)c(O)c(OCC)c1)c1ccccc1. The summed E-state index contributed by atoms with van der Waals surface area (Å²) in [5.74, 6) is -0.0871. The zero-order valence-electron chi connectivity index (χ0n) is 16.7. The molecule has 0 saturated carbocycles. The number of benzene rings is 2. The molecule has 0 bridgehead atoms. The number of phenols is 1. The summed E-state index contributed by atoms with van der Waals surface area (Å²) in [6, 6.07) is 11.8. The molecule has 0 aliphatic carbocycles. The average molecular weight is 478 g/mol. The Bertz CT molecular complexity index is 890. The minimum atomic E-state index is -0.597. The molecule has 0 saturated heterocycles. The van der Waals surface area contributed by atoms with Crippen LogP contribution in [0.2, 0.25) is 0 Å². The van der Waals surface area contributed by atoms with Crippen LogP contribution in [0.25, 0.3) is 0 Å². The van der Waals surface area contributed by atoms with Crippen LogP contribution in [0.5, 0.6) is 11.5 Å². The first-order chi connectivity index (χ1) is 14.4. The van der Waals surface area contributed by atoms with E-state index in [0.29, 0.717) is 22.4 Å². The second kappa shape index (κ2) is 11.8. The van der Waals surface area contributed by atoms with Crippen molar-refractivity contribution in [1.82, 2.24) is 10.7 Å². The van der Waals surface area contributed by atoms with Gasteiger partial charge in [0.05, 0.1) is 36.4 Å². The molecule has 0 aromatic heterocycles. The molecule has 0 aliphatic heterocycles. The summed E-state index contributed by atoms with van der Waals surface area (Å²) in [5, 5.41) is 16.6. The van der Waals surface area contributed by atoms with Crippen LogP contribution in [0.15, 0.2) is 52.0 Å². The Morgan fingerprint density at radius 3 is 2.60 bits per heavy atom. The average Bonchev–Trinajstić information content (AvgIpc) is 2.72. The molecule has 0 radical (unpaired) electrons. The lowest BCUT2D eigenvalue weighted by Gasteiger charge is -2.18. The highest BCUT2D eigenvalue weighted by Crippen LogP contribution is 2.35. The number of aromatic hydroxyl groups is 1. The van der Waals surface area contributed by atoms with Crippen LogP contribution in [-0.2, 0) is 9.53 Å². The van der Waals surface area contributed by atoms with Gasteiger partial charge in [-0.2, -0.15) is 5.10 Å². The molecule has 160 valence electrons. The van der Waals surface area contributed by atoms with Gasteiger partial charge in [0.2, 0.25) is 5.91 Å². The number of hydrazone groups is 1. The number of carbonyl (C=O) groups excluding carboxylic acids is 2. The monoisotopic (exact) mass is 477 g/mol. The maximum Gasteiger partial charge on any atom is 0.407 e. The fourth-order valence-electron chi connectivity index (χ4n) is 2.60. The van der Waals surface area contributed by atoms with E-state index in [-0.39, 0.29) is 24.7 Å². The van der Waals surface area contributed by atoms with Crippen LogP contribution in [0.4, 0.5) is 4.79 Å². The van der Waals surface area contributed by atoms with E-state index in [1.807, 2.05) is 37.3 Å². The highest BCUT2D eigenvalue weighted by Gasteiger charge is 2.18. The van der Waals surface area contributed by atoms with Gasteiger partial charge in [-0.05, 0) is 53.0 Å². The maximum atomic E-state index is 12.4. The number of amides is 2. The molecule has 3 N–H and O–H groups in total. The minimum absolute atomic E-state index is 0.00576. The molecule has 2 amide bonds. The molecule has 9 heteroatoms. The summed E-state index contributed by atoms with van der Waals surface area (Å²) in [5.41, 5.74) is 3.83. The van der Waals surface area contributed by atoms with E-state index < -0.39 is 12.1 Å². The molecule has 2 aromatic carbocycles. The fraction of sp³-hybridized carbons (Fsp3) is 0.286.